The second-order valence-electron chi connectivity index (χ2n) is 4.14. The molecule has 0 aliphatic carbocycles. The molecule has 0 spiro atoms. The summed E-state index contributed by atoms with van der Waals surface area (Å²) in [5, 5.41) is 8.98. The third-order valence-electron chi connectivity index (χ3n) is 3.07. The van der Waals surface area contributed by atoms with Crippen LogP contribution in [0, 0.1) is 0 Å². The molecule has 0 radical (unpaired) electrons. The topological polar surface area (TPSA) is 65.0 Å². The van der Waals surface area contributed by atoms with Gasteiger partial charge in [0.25, 0.3) is 0 Å². The van der Waals surface area contributed by atoms with Gasteiger partial charge in [-0.05, 0) is 17.7 Å². The summed E-state index contributed by atoms with van der Waals surface area (Å²) in [6.07, 6.45) is 0.118. The van der Waals surface area contributed by atoms with Crippen LogP contribution < -0.4 is 9.47 Å². The first-order chi connectivity index (χ1) is 8.28. The van der Waals surface area contributed by atoms with Crippen LogP contribution in [-0.4, -0.2) is 30.6 Å². The van der Waals surface area contributed by atoms with E-state index in [0.717, 1.165) is 5.56 Å². The molecule has 1 N–H and O–H groups in total. The molecule has 5 nitrogen and oxygen atoms in total. The molecule has 1 saturated heterocycles. The fourth-order valence-electron chi connectivity index (χ4n) is 2.17. The molecule has 0 amide bonds. The van der Waals surface area contributed by atoms with Crippen molar-refractivity contribution in [3.05, 3.63) is 23.8 Å². The number of benzene rings is 1. The number of esters is 1. The standard InChI is InChI=1S/C12H12O5/c13-5-8-4-9(12(14)17-8)7-1-2-10-11(3-7)16-6-15-10/h1-3,8-9,13H,4-6H2/t8-,9-/m0/s1. The fraction of sp³-hybridized carbons (Fsp3) is 0.417. The van der Waals surface area contributed by atoms with Gasteiger partial charge >= 0.3 is 5.97 Å². The Kier molecular flexibility index (Phi) is 2.40. The molecule has 2 aliphatic rings. The maximum atomic E-state index is 11.6. The summed E-state index contributed by atoms with van der Waals surface area (Å²) >= 11 is 0. The van der Waals surface area contributed by atoms with Crippen LogP contribution in [0.3, 0.4) is 0 Å². The summed E-state index contributed by atoms with van der Waals surface area (Å²) in [5.74, 6) is 0.742. The second kappa shape index (κ2) is 3.92. The van der Waals surface area contributed by atoms with Crippen LogP contribution in [0.4, 0.5) is 0 Å². The lowest BCUT2D eigenvalue weighted by Crippen LogP contribution is -2.10. The summed E-state index contributed by atoms with van der Waals surface area (Å²) in [7, 11) is 0. The number of aliphatic hydroxyl groups excluding tert-OH is 1. The largest absolute Gasteiger partial charge is 0.459 e. The maximum absolute atomic E-state index is 11.6. The van der Waals surface area contributed by atoms with E-state index in [1.54, 1.807) is 12.1 Å². The molecular weight excluding hydrogens is 224 g/mol. The average molecular weight is 236 g/mol. The number of fused-ring (bicyclic) bond motifs is 1. The molecule has 0 aromatic heterocycles. The van der Waals surface area contributed by atoms with Gasteiger partial charge in [-0.2, -0.15) is 0 Å². The molecule has 1 aromatic carbocycles. The summed E-state index contributed by atoms with van der Waals surface area (Å²) in [5.41, 5.74) is 0.843. The molecule has 2 heterocycles. The Labute approximate surface area is 97.9 Å². The van der Waals surface area contributed by atoms with Gasteiger partial charge in [-0.15, -0.1) is 0 Å². The molecular formula is C12H12O5. The number of carbonyl (C=O) groups excluding carboxylic acids is 1. The van der Waals surface area contributed by atoms with E-state index in [1.807, 2.05) is 6.07 Å². The Morgan fingerprint density at radius 1 is 1.29 bits per heavy atom. The molecule has 2 aliphatic heterocycles. The van der Waals surface area contributed by atoms with Crippen LogP contribution in [0.15, 0.2) is 18.2 Å². The molecule has 90 valence electrons. The van der Waals surface area contributed by atoms with E-state index in [2.05, 4.69) is 0 Å². The summed E-state index contributed by atoms with van der Waals surface area (Å²) in [4.78, 5) is 11.6. The minimum absolute atomic E-state index is 0.132. The zero-order valence-electron chi connectivity index (χ0n) is 9.09. The highest BCUT2D eigenvalue weighted by Crippen LogP contribution is 2.38. The maximum Gasteiger partial charge on any atom is 0.313 e. The van der Waals surface area contributed by atoms with Crippen molar-refractivity contribution in [1.82, 2.24) is 0 Å². The number of ether oxygens (including phenoxy) is 3. The van der Waals surface area contributed by atoms with Crippen molar-refractivity contribution in [2.24, 2.45) is 0 Å². The second-order valence-corrected chi connectivity index (χ2v) is 4.14. The first-order valence-electron chi connectivity index (χ1n) is 5.49. The van der Waals surface area contributed by atoms with Gasteiger partial charge in [0, 0.05) is 6.42 Å². The van der Waals surface area contributed by atoms with Crippen molar-refractivity contribution in [3.8, 4) is 11.5 Å². The van der Waals surface area contributed by atoms with Crippen molar-refractivity contribution in [3.63, 3.8) is 0 Å². The number of hydrogen-bond acceptors (Lipinski definition) is 5. The number of aliphatic hydroxyl groups is 1. The van der Waals surface area contributed by atoms with Crippen LogP contribution in [0.2, 0.25) is 0 Å². The van der Waals surface area contributed by atoms with Gasteiger partial charge in [-0.3, -0.25) is 4.79 Å². The van der Waals surface area contributed by atoms with Crippen molar-refractivity contribution in [2.45, 2.75) is 18.4 Å². The Hall–Kier alpha value is -1.75. The zero-order chi connectivity index (χ0) is 11.8. The van der Waals surface area contributed by atoms with E-state index in [4.69, 9.17) is 19.3 Å². The predicted molar refractivity (Wildman–Crippen MR) is 56.9 cm³/mol. The average Bonchev–Trinajstić information content (AvgIpc) is 2.93. The number of cyclic esters (lactones) is 1. The smallest absolute Gasteiger partial charge is 0.313 e. The van der Waals surface area contributed by atoms with Crippen molar-refractivity contribution in [1.29, 1.82) is 0 Å². The van der Waals surface area contributed by atoms with Gasteiger partial charge in [0.05, 0.1) is 12.5 Å². The van der Waals surface area contributed by atoms with Crippen LogP contribution in [-0.2, 0) is 9.53 Å². The van der Waals surface area contributed by atoms with E-state index in [1.165, 1.54) is 0 Å². The van der Waals surface area contributed by atoms with E-state index in [-0.39, 0.29) is 25.3 Å². The van der Waals surface area contributed by atoms with Crippen LogP contribution in [0.5, 0.6) is 11.5 Å². The molecule has 17 heavy (non-hydrogen) atoms. The Balaban J connectivity index is 1.87. The minimum Gasteiger partial charge on any atom is -0.459 e. The summed E-state index contributed by atoms with van der Waals surface area (Å²) < 4.78 is 15.5. The van der Waals surface area contributed by atoms with E-state index in [9.17, 15) is 4.79 Å². The molecule has 5 heteroatoms. The number of hydrogen-bond donors (Lipinski definition) is 1. The highest BCUT2D eigenvalue weighted by Gasteiger charge is 2.35. The Bertz CT molecular complexity index is 456. The quantitative estimate of drug-likeness (QED) is 0.770. The predicted octanol–water partition coefficient (Wildman–Crippen LogP) is 0.807. The molecule has 0 bridgehead atoms. The number of rotatable bonds is 2. The minimum atomic E-state index is -0.391. The molecule has 0 unspecified atom stereocenters. The molecule has 2 atom stereocenters. The fourth-order valence-corrected chi connectivity index (χ4v) is 2.17. The first-order valence-corrected chi connectivity index (χ1v) is 5.49. The normalized spacial score (nSPS) is 26.1. The number of carbonyl (C=O) groups is 1. The van der Waals surface area contributed by atoms with Gasteiger partial charge in [-0.25, -0.2) is 0 Å². The SMILES string of the molecule is O=C1O[C@H](CO)C[C@H]1c1ccc2c(c1)OCO2. The van der Waals surface area contributed by atoms with Gasteiger partial charge in [0.2, 0.25) is 6.79 Å². The van der Waals surface area contributed by atoms with E-state index < -0.39 is 6.10 Å². The third-order valence-corrected chi connectivity index (χ3v) is 3.07. The summed E-state index contributed by atoms with van der Waals surface area (Å²) in [6.45, 7) is 0.0833. The van der Waals surface area contributed by atoms with Crippen molar-refractivity contribution in [2.75, 3.05) is 13.4 Å². The lowest BCUT2D eigenvalue weighted by Gasteiger charge is -2.06. The Morgan fingerprint density at radius 2 is 2.12 bits per heavy atom. The monoisotopic (exact) mass is 236 g/mol. The molecule has 3 rings (SSSR count). The highest BCUT2D eigenvalue weighted by molar-refractivity contribution is 5.80. The molecule has 1 fully saturated rings. The van der Waals surface area contributed by atoms with Crippen LogP contribution in [0.25, 0.3) is 0 Å². The van der Waals surface area contributed by atoms with Gasteiger partial charge in [-0.1, -0.05) is 6.07 Å². The van der Waals surface area contributed by atoms with Gasteiger partial charge in [0.15, 0.2) is 11.5 Å². The van der Waals surface area contributed by atoms with Crippen LogP contribution in [0.1, 0.15) is 17.9 Å². The molecule has 1 aromatic rings. The first kappa shape index (κ1) is 10.4. The lowest BCUT2D eigenvalue weighted by molar-refractivity contribution is -0.143. The van der Waals surface area contributed by atoms with Gasteiger partial charge < -0.3 is 19.3 Å². The van der Waals surface area contributed by atoms with Gasteiger partial charge in [0.1, 0.15) is 6.10 Å². The Morgan fingerprint density at radius 3 is 2.88 bits per heavy atom. The van der Waals surface area contributed by atoms with E-state index >= 15 is 0 Å². The zero-order valence-corrected chi connectivity index (χ0v) is 9.09. The van der Waals surface area contributed by atoms with Crippen LogP contribution >= 0.6 is 0 Å². The van der Waals surface area contributed by atoms with E-state index in [0.29, 0.717) is 17.9 Å². The summed E-state index contributed by atoms with van der Waals surface area (Å²) in [6, 6.07) is 5.42. The molecule has 0 saturated carbocycles. The van der Waals surface area contributed by atoms with Crippen molar-refractivity contribution >= 4 is 5.97 Å². The third kappa shape index (κ3) is 1.72. The van der Waals surface area contributed by atoms with Crippen molar-refractivity contribution < 1.29 is 24.1 Å². The lowest BCUT2D eigenvalue weighted by atomic mass is 9.95. The highest BCUT2D eigenvalue weighted by atomic mass is 16.7.